The molecule has 0 amide bonds. The van der Waals surface area contributed by atoms with Crippen molar-refractivity contribution in [1.29, 1.82) is 0 Å². The summed E-state index contributed by atoms with van der Waals surface area (Å²) in [5.74, 6) is 0. The molecule has 0 bridgehead atoms. The molecule has 0 fully saturated rings. The first-order valence-electron chi connectivity index (χ1n) is 8.16. The van der Waals surface area contributed by atoms with Gasteiger partial charge in [-0.15, -0.1) is 0 Å². The van der Waals surface area contributed by atoms with Crippen LogP contribution in [0.1, 0.15) is 31.0 Å². The summed E-state index contributed by atoms with van der Waals surface area (Å²) in [6.07, 6.45) is 5.28. The van der Waals surface area contributed by atoms with Gasteiger partial charge in [0.1, 0.15) is 0 Å². The van der Waals surface area contributed by atoms with Gasteiger partial charge in [0.15, 0.2) is 5.58 Å². The van der Waals surface area contributed by atoms with Gasteiger partial charge < -0.3 is 8.82 Å². The number of hydrogen-bond donors (Lipinski definition) is 0. The fraction of sp³-hybridized carbons (Fsp3) is 0.250. The predicted octanol–water partition coefficient (Wildman–Crippen LogP) is 4.85. The second-order valence-corrected chi connectivity index (χ2v) is 6.15. The van der Waals surface area contributed by atoms with E-state index in [1.54, 1.807) is 0 Å². The summed E-state index contributed by atoms with van der Waals surface area (Å²) in [6, 6.07) is 12.0. The Hall–Kier alpha value is -2.55. The average molecular weight is 305 g/mol. The van der Waals surface area contributed by atoms with Gasteiger partial charge in [-0.2, -0.15) is 0 Å². The highest BCUT2D eigenvalue weighted by molar-refractivity contribution is 6.11. The van der Waals surface area contributed by atoms with Crippen LogP contribution in [0, 0.1) is 6.92 Å². The molecule has 0 aliphatic rings. The van der Waals surface area contributed by atoms with Crippen molar-refractivity contribution in [2.24, 2.45) is 0 Å². The molecule has 23 heavy (non-hydrogen) atoms. The van der Waals surface area contributed by atoms with Crippen molar-refractivity contribution in [3.63, 3.8) is 0 Å². The van der Waals surface area contributed by atoms with E-state index in [2.05, 4.69) is 30.5 Å². The molecule has 0 aliphatic heterocycles. The van der Waals surface area contributed by atoms with Crippen molar-refractivity contribution in [2.75, 3.05) is 0 Å². The van der Waals surface area contributed by atoms with Crippen LogP contribution in [0.5, 0.6) is 0 Å². The van der Waals surface area contributed by atoms with Gasteiger partial charge in [0.25, 0.3) is 0 Å². The number of unbranched alkanes of at least 4 members (excludes halogenated alkanes) is 1. The summed E-state index contributed by atoms with van der Waals surface area (Å²) in [5.41, 5.74) is 3.80. The van der Waals surface area contributed by atoms with E-state index < -0.39 is 0 Å². The molecule has 0 radical (unpaired) electrons. The van der Waals surface area contributed by atoms with Gasteiger partial charge in [-0.25, -0.2) is 4.79 Å². The van der Waals surface area contributed by atoms with E-state index in [9.17, 15) is 4.79 Å². The van der Waals surface area contributed by atoms with Crippen molar-refractivity contribution in [3.05, 3.63) is 64.3 Å². The standard InChI is InChI=1S/C20H19NO2/c1-3-4-7-16-18-15-12-13(2)9-10-14(15)20(22)23-19(18)17-8-5-6-11-21(16)17/h5-6,8-12H,3-4,7H2,1-2H3. The molecular weight excluding hydrogens is 286 g/mol. The van der Waals surface area contributed by atoms with Crippen LogP contribution < -0.4 is 5.63 Å². The highest BCUT2D eigenvalue weighted by atomic mass is 16.4. The summed E-state index contributed by atoms with van der Waals surface area (Å²) in [5, 5.41) is 2.76. The van der Waals surface area contributed by atoms with Crippen LogP contribution in [0.25, 0.3) is 27.3 Å². The first-order chi connectivity index (χ1) is 11.2. The van der Waals surface area contributed by atoms with E-state index in [-0.39, 0.29) is 5.63 Å². The molecule has 3 aromatic heterocycles. The number of aromatic nitrogens is 1. The van der Waals surface area contributed by atoms with Crippen LogP contribution >= 0.6 is 0 Å². The first-order valence-corrected chi connectivity index (χ1v) is 8.16. The number of hydrogen-bond acceptors (Lipinski definition) is 2. The van der Waals surface area contributed by atoms with Gasteiger partial charge in [0, 0.05) is 22.7 Å². The molecule has 0 N–H and O–H groups in total. The van der Waals surface area contributed by atoms with Gasteiger partial charge in [0.05, 0.1) is 10.9 Å². The van der Waals surface area contributed by atoms with Crippen molar-refractivity contribution in [3.8, 4) is 0 Å². The normalized spacial score (nSPS) is 11.7. The van der Waals surface area contributed by atoms with E-state index in [1.807, 2.05) is 30.3 Å². The van der Waals surface area contributed by atoms with Crippen molar-refractivity contribution in [1.82, 2.24) is 4.40 Å². The molecule has 0 saturated carbocycles. The topological polar surface area (TPSA) is 34.6 Å². The molecule has 0 saturated heterocycles. The predicted molar refractivity (Wildman–Crippen MR) is 94.3 cm³/mol. The number of nitrogens with zero attached hydrogens (tertiary/aromatic N) is 1. The van der Waals surface area contributed by atoms with Crippen LogP contribution in [0.15, 0.2) is 51.8 Å². The Bertz CT molecular complexity index is 1090. The van der Waals surface area contributed by atoms with Gasteiger partial charge >= 0.3 is 5.63 Å². The SMILES string of the molecule is CCCCc1c2c3cc(C)ccc3c(=O)oc2c2ccccn12. The lowest BCUT2D eigenvalue weighted by molar-refractivity contribution is 0.572. The molecule has 0 unspecified atom stereocenters. The molecule has 0 atom stereocenters. The number of rotatable bonds is 3. The number of fused-ring (bicyclic) bond motifs is 5. The number of pyridine rings is 1. The number of benzene rings is 1. The lowest BCUT2D eigenvalue weighted by Gasteiger charge is -2.04. The maximum absolute atomic E-state index is 12.4. The first kappa shape index (κ1) is 14.1. The molecule has 3 heteroatoms. The zero-order chi connectivity index (χ0) is 16.0. The third-order valence-electron chi connectivity index (χ3n) is 4.53. The third-order valence-corrected chi connectivity index (χ3v) is 4.53. The van der Waals surface area contributed by atoms with Crippen LogP contribution in [0.2, 0.25) is 0 Å². The molecule has 3 heterocycles. The van der Waals surface area contributed by atoms with E-state index in [0.717, 1.165) is 41.1 Å². The summed E-state index contributed by atoms with van der Waals surface area (Å²) in [6.45, 7) is 4.25. The van der Waals surface area contributed by atoms with Gasteiger partial charge in [-0.1, -0.05) is 37.1 Å². The molecule has 3 nitrogen and oxygen atoms in total. The second kappa shape index (κ2) is 5.27. The molecule has 0 spiro atoms. The Morgan fingerprint density at radius 1 is 1.13 bits per heavy atom. The molecule has 116 valence electrons. The zero-order valence-electron chi connectivity index (χ0n) is 13.4. The number of aryl methyl sites for hydroxylation is 2. The summed E-state index contributed by atoms with van der Waals surface area (Å²) < 4.78 is 7.88. The summed E-state index contributed by atoms with van der Waals surface area (Å²) in [4.78, 5) is 12.4. The molecule has 1 aromatic carbocycles. The monoisotopic (exact) mass is 305 g/mol. The second-order valence-electron chi connectivity index (χ2n) is 6.15. The van der Waals surface area contributed by atoms with Crippen molar-refractivity contribution in [2.45, 2.75) is 33.1 Å². The van der Waals surface area contributed by atoms with E-state index in [1.165, 1.54) is 5.69 Å². The van der Waals surface area contributed by atoms with Crippen molar-refractivity contribution >= 4 is 27.3 Å². The Morgan fingerprint density at radius 3 is 2.83 bits per heavy atom. The highest BCUT2D eigenvalue weighted by Gasteiger charge is 2.17. The fourth-order valence-electron chi connectivity index (χ4n) is 3.40. The zero-order valence-corrected chi connectivity index (χ0v) is 13.4. The van der Waals surface area contributed by atoms with Gasteiger partial charge in [0.2, 0.25) is 0 Å². The summed E-state index contributed by atoms with van der Waals surface area (Å²) >= 11 is 0. The lowest BCUT2D eigenvalue weighted by atomic mass is 10.0. The van der Waals surface area contributed by atoms with Gasteiger partial charge in [-0.3, -0.25) is 0 Å². The van der Waals surface area contributed by atoms with Crippen LogP contribution in [-0.4, -0.2) is 4.40 Å². The highest BCUT2D eigenvalue weighted by Crippen LogP contribution is 2.33. The van der Waals surface area contributed by atoms with E-state index in [0.29, 0.717) is 11.0 Å². The summed E-state index contributed by atoms with van der Waals surface area (Å²) in [7, 11) is 0. The van der Waals surface area contributed by atoms with E-state index >= 15 is 0 Å². The molecule has 4 aromatic rings. The van der Waals surface area contributed by atoms with Gasteiger partial charge in [-0.05, 0) is 38.0 Å². The average Bonchev–Trinajstić information content (AvgIpc) is 2.87. The van der Waals surface area contributed by atoms with Crippen LogP contribution in [-0.2, 0) is 6.42 Å². The Kier molecular flexibility index (Phi) is 3.22. The molecule has 4 rings (SSSR count). The lowest BCUT2D eigenvalue weighted by Crippen LogP contribution is -2.00. The third kappa shape index (κ3) is 2.07. The minimum atomic E-state index is -0.258. The molecule has 0 aliphatic carbocycles. The van der Waals surface area contributed by atoms with Crippen molar-refractivity contribution < 1.29 is 4.42 Å². The van der Waals surface area contributed by atoms with E-state index in [4.69, 9.17) is 4.42 Å². The maximum Gasteiger partial charge on any atom is 0.344 e. The smallest absolute Gasteiger partial charge is 0.344 e. The largest absolute Gasteiger partial charge is 0.420 e. The fourth-order valence-corrected chi connectivity index (χ4v) is 3.40. The minimum Gasteiger partial charge on any atom is -0.420 e. The Labute approximate surface area is 134 Å². The molecular formula is C20H19NO2. The van der Waals surface area contributed by atoms with Crippen LogP contribution in [0.4, 0.5) is 0 Å². The van der Waals surface area contributed by atoms with Crippen LogP contribution in [0.3, 0.4) is 0 Å². The minimum absolute atomic E-state index is 0.258. The Balaban J connectivity index is 2.26. The maximum atomic E-state index is 12.4. The Morgan fingerprint density at radius 2 is 2.00 bits per heavy atom. The quantitative estimate of drug-likeness (QED) is 0.542.